The SMILES string of the molecule is CC(C(=O)O)N(C)C(=O)Cn1nc2ccccn2c1=O. The number of carbonyl (C=O) groups excluding carboxylic acids is 1. The molecule has 1 amide bonds. The van der Waals surface area contributed by atoms with Crippen LogP contribution in [0.15, 0.2) is 29.2 Å². The van der Waals surface area contributed by atoms with Gasteiger partial charge in [0.2, 0.25) is 5.91 Å². The topological polar surface area (TPSA) is 96.9 Å². The third kappa shape index (κ3) is 2.40. The Morgan fingerprint density at radius 1 is 1.45 bits per heavy atom. The molecule has 8 heteroatoms. The largest absolute Gasteiger partial charge is 0.480 e. The van der Waals surface area contributed by atoms with Gasteiger partial charge in [0, 0.05) is 13.2 Å². The van der Waals surface area contributed by atoms with Crippen molar-refractivity contribution in [3.63, 3.8) is 0 Å². The van der Waals surface area contributed by atoms with Crippen LogP contribution in [0.3, 0.4) is 0 Å². The van der Waals surface area contributed by atoms with E-state index < -0.39 is 23.6 Å². The summed E-state index contributed by atoms with van der Waals surface area (Å²) in [6, 6.07) is 4.09. The van der Waals surface area contributed by atoms with E-state index in [0.29, 0.717) is 5.65 Å². The summed E-state index contributed by atoms with van der Waals surface area (Å²) in [4.78, 5) is 35.8. The highest BCUT2D eigenvalue weighted by molar-refractivity contribution is 5.82. The predicted octanol–water partition coefficient (Wildman–Crippen LogP) is -0.573. The van der Waals surface area contributed by atoms with Gasteiger partial charge in [0.1, 0.15) is 12.6 Å². The number of likely N-dealkylation sites (N-methyl/N-ethyl adjacent to an activating group) is 1. The summed E-state index contributed by atoms with van der Waals surface area (Å²) in [7, 11) is 1.38. The molecule has 2 heterocycles. The first-order valence-corrected chi connectivity index (χ1v) is 5.94. The number of carboxylic acid groups (broad SMARTS) is 1. The standard InChI is InChI=1S/C12H14N4O4/c1-8(11(18)19)14(2)10(17)7-16-12(20)15-6-4-3-5-9(15)13-16/h3-6,8H,7H2,1-2H3,(H,18,19). The van der Waals surface area contributed by atoms with Crippen LogP contribution in [0.1, 0.15) is 6.92 Å². The molecule has 0 bridgehead atoms. The summed E-state index contributed by atoms with van der Waals surface area (Å²) in [6.45, 7) is 1.10. The number of aliphatic carboxylic acids is 1. The van der Waals surface area contributed by atoms with Crippen LogP contribution in [-0.2, 0) is 16.1 Å². The minimum absolute atomic E-state index is 0.297. The number of hydrogen-bond acceptors (Lipinski definition) is 4. The lowest BCUT2D eigenvalue weighted by Crippen LogP contribution is -2.43. The van der Waals surface area contributed by atoms with Crippen LogP contribution in [0, 0.1) is 0 Å². The molecule has 0 aliphatic heterocycles. The highest BCUT2D eigenvalue weighted by Crippen LogP contribution is 1.99. The third-order valence-electron chi connectivity index (χ3n) is 3.11. The summed E-state index contributed by atoms with van der Waals surface area (Å²) < 4.78 is 2.33. The number of aromatic nitrogens is 3. The van der Waals surface area contributed by atoms with Gasteiger partial charge in [-0.15, -0.1) is 5.10 Å². The first kappa shape index (κ1) is 13.8. The van der Waals surface area contributed by atoms with Crippen molar-refractivity contribution in [3.8, 4) is 0 Å². The normalized spacial score (nSPS) is 12.3. The van der Waals surface area contributed by atoms with Crippen molar-refractivity contribution in [2.24, 2.45) is 0 Å². The highest BCUT2D eigenvalue weighted by Gasteiger charge is 2.22. The lowest BCUT2D eigenvalue weighted by Gasteiger charge is -2.20. The lowest BCUT2D eigenvalue weighted by atomic mass is 10.3. The maximum Gasteiger partial charge on any atom is 0.350 e. The molecule has 0 saturated heterocycles. The van der Waals surface area contributed by atoms with Gasteiger partial charge in [-0.1, -0.05) is 6.07 Å². The molecule has 1 unspecified atom stereocenters. The molecule has 1 atom stereocenters. The monoisotopic (exact) mass is 278 g/mol. The Morgan fingerprint density at radius 3 is 2.75 bits per heavy atom. The molecular formula is C12H14N4O4. The molecular weight excluding hydrogens is 264 g/mol. The molecule has 2 aromatic rings. The van der Waals surface area contributed by atoms with Gasteiger partial charge in [0.25, 0.3) is 0 Å². The molecule has 0 spiro atoms. The molecule has 0 saturated carbocycles. The van der Waals surface area contributed by atoms with E-state index in [1.165, 1.54) is 18.4 Å². The van der Waals surface area contributed by atoms with Crippen LogP contribution in [-0.4, -0.2) is 49.2 Å². The van der Waals surface area contributed by atoms with Gasteiger partial charge in [-0.2, -0.15) is 0 Å². The number of hydrogen-bond donors (Lipinski definition) is 1. The minimum atomic E-state index is -1.11. The second-order valence-corrected chi connectivity index (χ2v) is 4.39. The first-order chi connectivity index (χ1) is 9.41. The van der Waals surface area contributed by atoms with Crippen molar-refractivity contribution in [3.05, 3.63) is 34.9 Å². The summed E-state index contributed by atoms with van der Waals surface area (Å²) >= 11 is 0. The van der Waals surface area contributed by atoms with Crippen LogP contribution in [0.4, 0.5) is 0 Å². The quantitative estimate of drug-likeness (QED) is 0.807. The third-order valence-corrected chi connectivity index (χ3v) is 3.11. The summed E-state index contributed by atoms with van der Waals surface area (Å²) in [5.41, 5.74) is -0.00966. The Morgan fingerprint density at radius 2 is 2.15 bits per heavy atom. The number of pyridine rings is 1. The van der Waals surface area contributed by atoms with Crippen molar-refractivity contribution in [1.29, 1.82) is 0 Å². The van der Waals surface area contributed by atoms with Crippen LogP contribution < -0.4 is 5.69 Å². The molecule has 1 N–H and O–H groups in total. The van der Waals surface area contributed by atoms with Gasteiger partial charge in [0.05, 0.1) is 0 Å². The number of carbonyl (C=O) groups is 2. The number of nitrogens with zero attached hydrogens (tertiary/aromatic N) is 4. The van der Waals surface area contributed by atoms with Crippen molar-refractivity contribution in [2.45, 2.75) is 19.5 Å². The van der Waals surface area contributed by atoms with Crippen LogP contribution in [0.2, 0.25) is 0 Å². The Hall–Kier alpha value is -2.64. The zero-order valence-electron chi connectivity index (χ0n) is 11.1. The summed E-state index contributed by atoms with van der Waals surface area (Å²) in [5, 5.41) is 12.9. The van der Waals surface area contributed by atoms with Gasteiger partial charge in [-0.05, 0) is 19.1 Å². The number of fused-ring (bicyclic) bond motifs is 1. The maximum absolute atomic E-state index is 12.0. The molecule has 0 aliphatic carbocycles. The molecule has 0 radical (unpaired) electrons. The van der Waals surface area contributed by atoms with Crippen LogP contribution >= 0.6 is 0 Å². The van der Waals surface area contributed by atoms with Gasteiger partial charge in [-0.3, -0.25) is 9.20 Å². The van der Waals surface area contributed by atoms with E-state index in [-0.39, 0.29) is 6.54 Å². The average molecular weight is 278 g/mol. The van der Waals surface area contributed by atoms with Crippen molar-refractivity contribution >= 4 is 17.5 Å². The van der Waals surface area contributed by atoms with E-state index in [9.17, 15) is 14.4 Å². The Bertz CT molecular complexity index is 718. The summed E-state index contributed by atoms with van der Waals surface area (Å²) in [6.07, 6.45) is 1.55. The van der Waals surface area contributed by atoms with Crippen LogP contribution in [0.25, 0.3) is 5.65 Å². The fourth-order valence-corrected chi connectivity index (χ4v) is 1.69. The maximum atomic E-state index is 12.0. The molecule has 0 aliphatic rings. The second-order valence-electron chi connectivity index (χ2n) is 4.39. The Kier molecular flexibility index (Phi) is 3.55. The van der Waals surface area contributed by atoms with E-state index in [1.54, 1.807) is 24.4 Å². The number of amides is 1. The molecule has 2 rings (SSSR count). The van der Waals surface area contributed by atoms with Crippen LogP contribution in [0.5, 0.6) is 0 Å². The average Bonchev–Trinajstić information content (AvgIpc) is 2.74. The second kappa shape index (κ2) is 5.16. The van der Waals surface area contributed by atoms with E-state index in [4.69, 9.17) is 5.11 Å². The smallest absolute Gasteiger partial charge is 0.350 e. The van der Waals surface area contributed by atoms with Crippen molar-refractivity contribution in [1.82, 2.24) is 19.1 Å². The molecule has 8 nitrogen and oxygen atoms in total. The van der Waals surface area contributed by atoms with Gasteiger partial charge < -0.3 is 10.0 Å². The lowest BCUT2D eigenvalue weighted by molar-refractivity contribution is -0.148. The molecule has 0 fully saturated rings. The zero-order valence-corrected chi connectivity index (χ0v) is 11.1. The van der Waals surface area contributed by atoms with E-state index in [1.807, 2.05) is 0 Å². The van der Waals surface area contributed by atoms with Crippen molar-refractivity contribution in [2.75, 3.05) is 7.05 Å². The summed E-state index contributed by atoms with van der Waals surface area (Å²) in [5.74, 6) is -1.60. The minimum Gasteiger partial charge on any atom is -0.480 e. The van der Waals surface area contributed by atoms with Gasteiger partial charge >= 0.3 is 11.7 Å². The molecule has 2 aromatic heterocycles. The Balaban J connectivity index is 2.24. The fourth-order valence-electron chi connectivity index (χ4n) is 1.69. The van der Waals surface area contributed by atoms with Crippen molar-refractivity contribution < 1.29 is 14.7 Å². The van der Waals surface area contributed by atoms with E-state index in [2.05, 4.69) is 5.10 Å². The Labute approximate surface area is 113 Å². The van der Waals surface area contributed by atoms with E-state index >= 15 is 0 Å². The molecule has 20 heavy (non-hydrogen) atoms. The highest BCUT2D eigenvalue weighted by atomic mass is 16.4. The fraction of sp³-hybridized carbons (Fsp3) is 0.333. The zero-order chi connectivity index (χ0) is 14.9. The number of carboxylic acids is 1. The molecule has 106 valence electrons. The number of rotatable bonds is 4. The van der Waals surface area contributed by atoms with Gasteiger partial charge in [-0.25, -0.2) is 14.3 Å². The van der Waals surface area contributed by atoms with E-state index in [0.717, 1.165) is 9.58 Å². The molecule has 0 aromatic carbocycles. The first-order valence-electron chi connectivity index (χ1n) is 5.94. The predicted molar refractivity (Wildman–Crippen MR) is 69.3 cm³/mol. The van der Waals surface area contributed by atoms with Gasteiger partial charge in [0.15, 0.2) is 5.65 Å².